The number of benzene rings is 1. The van der Waals surface area contributed by atoms with E-state index in [9.17, 15) is 0 Å². The van der Waals surface area contributed by atoms with Crippen molar-refractivity contribution >= 4 is 0 Å². The molecule has 1 aliphatic rings. The minimum atomic E-state index is -0.341. The van der Waals surface area contributed by atoms with Crippen LogP contribution in [0.3, 0.4) is 0 Å². The Morgan fingerprint density at radius 1 is 1.47 bits per heavy atom. The third kappa shape index (κ3) is 2.85. The highest BCUT2D eigenvalue weighted by Crippen LogP contribution is 2.25. The molecule has 0 aromatic heterocycles. The number of ether oxygens (including phenoxy) is 1. The molecule has 0 saturated heterocycles. The van der Waals surface area contributed by atoms with Crippen LogP contribution in [0.1, 0.15) is 31.0 Å². The van der Waals surface area contributed by atoms with Gasteiger partial charge in [0.25, 0.3) is 0 Å². The molecule has 0 amide bonds. The van der Waals surface area contributed by atoms with E-state index in [1.165, 1.54) is 11.1 Å². The van der Waals surface area contributed by atoms with E-state index in [1.54, 1.807) is 0 Å². The van der Waals surface area contributed by atoms with Crippen LogP contribution in [0.5, 0.6) is 0 Å². The fraction of sp³-hybridized carbons (Fsp3) is 0.500. The Morgan fingerprint density at radius 2 is 2.24 bits per heavy atom. The Balaban J connectivity index is 2.07. The Bertz CT molecular complexity index is 434. The zero-order valence-corrected chi connectivity index (χ0v) is 10.4. The molecule has 0 fully saturated rings. The van der Waals surface area contributed by atoms with E-state index in [1.807, 2.05) is 26.0 Å². The summed E-state index contributed by atoms with van der Waals surface area (Å²) in [5, 5.41) is 12.4. The fourth-order valence-electron chi connectivity index (χ4n) is 1.97. The first-order chi connectivity index (χ1) is 8.12. The zero-order valence-electron chi connectivity index (χ0n) is 10.4. The molecule has 3 heteroatoms. The van der Waals surface area contributed by atoms with E-state index in [0.717, 1.165) is 0 Å². The van der Waals surface area contributed by atoms with Crippen molar-refractivity contribution in [2.75, 3.05) is 13.2 Å². The summed E-state index contributed by atoms with van der Waals surface area (Å²) in [4.78, 5) is 0. The lowest BCUT2D eigenvalue weighted by atomic mass is 9.93. The number of hydrogen-bond donors (Lipinski definition) is 1. The molecule has 17 heavy (non-hydrogen) atoms. The van der Waals surface area contributed by atoms with Crippen molar-refractivity contribution in [2.24, 2.45) is 5.41 Å². The van der Waals surface area contributed by atoms with Gasteiger partial charge in [0.05, 0.1) is 30.7 Å². The Morgan fingerprint density at radius 3 is 3.00 bits per heavy atom. The number of nitrogens with zero attached hydrogens (tertiary/aromatic N) is 1. The highest BCUT2D eigenvalue weighted by Gasteiger charge is 2.23. The van der Waals surface area contributed by atoms with Gasteiger partial charge in [0.2, 0.25) is 0 Å². The van der Waals surface area contributed by atoms with Gasteiger partial charge in [-0.2, -0.15) is 5.26 Å². The van der Waals surface area contributed by atoms with Gasteiger partial charge in [0.1, 0.15) is 0 Å². The fourth-order valence-corrected chi connectivity index (χ4v) is 1.97. The second-order valence-electron chi connectivity index (χ2n) is 5.14. The molecule has 0 bridgehead atoms. The lowest BCUT2D eigenvalue weighted by Gasteiger charge is -2.28. The normalized spacial score (nSPS) is 19.5. The molecule has 1 atom stereocenters. The van der Waals surface area contributed by atoms with E-state index in [-0.39, 0.29) is 11.5 Å². The molecule has 90 valence electrons. The molecule has 1 N–H and O–H groups in total. The third-order valence-corrected chi connectivity index (χ3v) is 3.07. The first kappa shape index (κ1) is 12.1. The molecule has 1 aromatic rings. The van der Waals surface area contributed by atoms with Crippen molar-refractivity contribution in [1.82, 2.24) is 5.32 Å². The maximum absolute atomic E-state index is 9.00. The van der Waals surface area contributed by atoms with Crippen LogP contribution in [0.25, 0.3) is 0 Å². The monoisotopic (exact) mass is 230 g/mol. The summed E-state index contributed by atoms with van der Waals surface area (Å²) in [5.41, 5.74) is 2.20. The van der Waals surface area contributed by atoms with Gasteiger partial charge in [-0.15, -0.1) is 0 Å². The van der Waals surface area contributed by atoms with Crippen LogP contribution >= 0.6 is 0 Å². The average Bonchev–Trinajstić information content (AvgIpc) is 2.36. The lowest BCUT2D eigenvalue weighted by Crippen LogP contribution is -2.35. The maximum atomic E-state index is 9.00. The summed E-state index contributed by atoms with van der Waals surface area (Å²) >= 11 is 0. The van der Waals surface area contributed by atoms with E-state index in [4.69, 9.17) is 10.00 Å². The van der Waals surface area contributed by atoms with Crippen molar-refractivity contribution in [3.05, 3.63) is 35.4 Å². The quantitative estimate of drug-likeness (QED) is 0.867. The highest BCUT2D eigenvalue weighted by molar-refractivity contribution is 5.31. The number of nitrogens with one attached hydrogen (secondary N) is 1. The van der Waals surface area contributed by atoms with E-state index < -0.39 is 0 Å². The van der Waals surface area contributed by atoms with Crippen LogP contribution in [-0.2, 0) is 11.3 Å². The molecular weight excluding hydrogens is 212 g/mol. The summed E-state index contributed by atoms with van der Waals surface area (Å²) in [6, 6.07) is 10.8. The summed E-state index contributed by atoms with van der Waals surface area (Å²) in [6.07, 6.45) is 0. The molecule has 1 aromatic carbocycles. The standard InChI is InChI=1S/C14H18N2O/c1-14(2,9-15)10-16-13-8-17-7-11-5-3-4-6-12(11)13/h3-6,13,16H,7-8,10H2,1-2H3. The van der Waals surface area contributed by atoms with Crippen LogP contribution < -0.4 is 5.32 Å². The first-order valence-electron chi connectivity index (χ1n) is 5.92. The molecule has 0 saturated carbocycles. The third-order valence-electron chi connectivity index (χ3n) is 3.07. The minimum Gasteiger partial charge on any atom is -0.375 e. The average molecular weight is 230 g/mol. The molecule has 0 aliphatic carbocycles. The minimum absolute atomic E-state index is 0.201. The molecular formula is C14H18N2O. The molecule has 3 nitrogen and oxygen atoms in total. The maximum Gasteiger partial charge on any atom is 0.0721 e. The predicted octanol–water partition coefficient (Wildman–Crippen LogP) is 2.40. The molecule has 0 spiro atoms. The van der Waals surface area contributed by atoms with Gasteiger partial charge in [-0.25, -0.2) is 0 Å². The van der Waals surface area contributed by atoms with Gasteiger partial charge in [0, 0.05) is 6.54 Å². The summed E-state index contributed by atoms with van der Waals surface area (Å²) in [5.74, 6) is 0. The van der Waals surface area contributed by atoms with Gasteiger partial charge >= 0.3 is 0 Å². The summed E-state index contributed by atoms with van der Waals surface area (Å²) in [6.45, 7) is 5.92. The number of nitriles is 1. The Kier molecular flexibility index (Phi) is 3.46. The number of fused-ring (bicyclic) bond motifs is 1. The van der Waals surface area contributed by atoms with Crippen molar-refractivity contribution in [2.45, 2.75) is 26.5 Å². The summed E-state index contributed by atoms with van der Waals surface area (Å²) in [7, 11) is 0. The number of hydrogen-bond acceptors (Lipinski definition) is 3. The van der Waals surface area contributed by atoms with Crippen molar-refractivity contribution in [1.29, 1.82) is 5.26 Å². The van der Waals surface area contributed by atoms with Crippen LogP contribution in [0.4, 0.5) is 0 Å². The second-order valence-corrected chi connectivity index (χ2v) is 5.14. The highest BCUT2D eigenvalue weighted by atomic mass is 16.5. The Hall–Kier alpha value is -1.37. The van der Waals surface area contributed by atoms with E-state index in [0.29, 0.717) is 19.8 Å². The van der Waals surface area contributed by atoms with Crippen molar-refractivity contribution in [3.8, 4) is 6.07 Å². The van der Waals surface area contributed by atoms with Crippen molar-refractivity contribution in [3.63, 3.8) is 0 Å². The lowest BCUT2D eigenvalue weighted by molar-refractivity contribution is 0.0802. The predicted molar refractivity (Wildman–Crippen MR) is 66.2 cm³/mol. The molecule has 1 aliphatic heterocycles. The van der Waals surface area contributed by atoms with E-state index in [2.05, 4.69) is 23.5 Å². The topological polar surface area (TPSA) is 45.0 Å². The van der Waals surface area contributed by atoms with Gasteiger partial charge in [-0.1, -0.05) is 24.3 Å². The van der Waals surface area contributed by atoms with Crippen LogP contribution in [0.2, 0.25) is 0 Å². The van der Waals surface area contributed by atoms with Crippen molar-refractivity contribution < 1.29 is 4.74 Å². The SMILES string of the molecule is CC(C)(C#N)CNC1COCc2ccccc21. The van der Waals surface area contributed by atoms with Gasteiger partial charge < -0.3 is 10.1 Å². The van der Waals surface area contributed by atoms with E-state index >= 15 is 0 Å². The van der Waals surface area contributed by atoms with Gasteiger partial charge in [-0.3, -0.25) is 0 Å². The zero-order chi connectivity index (χ0) is 12.3. The van der Waals surface area contributed by atoms with Gasteiger partial charge in [-0.05, 0) is 25.0 Å². The summed E-state index contributed by atoms with van der Waals surface area (Å²) < 4.78 is 5.56. The molecule has 0 radical (unpaired) electrons. The Labute approximate surface area is 102 Å². The largest absolute Gasteiger partial charge is 0.375 e. The van der Waals surface area contributed by atoms with Crippen LogP contribution in [0.15, 0.2) is 24.3 Å². The van der Waals surface area contributed by atoms with Gasteiger partial charge in [0.15, 0.2) is 0 Å². The smallest absolute Gasteiger partial charge is 0.0721 e. The number of rotatable bonds is 3. The molecule has 2 rings (SSSR count). The second kappa shape index (κ2) is 4.87. The van der Waals surface area contributed by atoms with Crippen LogP contribution in [-0.4, -0.2) is 13.2 Å². The molecule has 1 unspecified atom stereocenters. The molecule has 1 heterocycles. The van der Waals surface area contributed by atoms with Crippen LogP contribution in [0, 0.1) is 16.7 Å². The first-order valence-corrected chi connectivity index (χ1v) is 5.92.